The first-order valence-electron chi connectivity index (χ1n) is 8.82. The number of nitrogens with one attached hydrogen (secondary N) is 2. The van der Waals surface area contributed by atoms with Crippen molar-refractivity contribution in [2.75, 3.05) is 18.4 Å². The van der Waals surface area contributed by atoms with Crippen molar-refractivity contribution in [1.29, 1.82) is 0 Å². The van der Waals surface area contributed by atoms with E-state index >= 15 is 0 Å². The van der Waals surface area contributed by atoms with Crippen LogP contribution >= 0.6 is 11.3 Å². The van der Waals surface area contributed by atoms with Crippen LogP contribution in [0, 0.1) is 0 Å². The van der Waals surface area contributed by atoms with Crippen molar-refractivity contribution in [3.8, 4) is 0 Å². The maximum Gasteiger partial charge on any atom is 0.245 e. The highest BCUT2D eigenvalue weighted by Gasteiger charge is 2.41. The van der Waals surface area contributed by atoms with Gasteiger partial charge in [0.2, 0.25) is 5.91 Å². The smallest absolute Gasteiger partial charge is 0.245 e. The first-order chi connectivity index (χ1) is 12.1. The van der Waals surface area contributed by atoms with E-state index in [9.17, 15) is 4.79 Å². The minimum absolute atomic E-state index is 0.0975. The van der Waals surface area contributed by atoms with E-state index in [1.807, 2.05) is 55.8 Å². The number of benzene rings is 1. The van der Waals surface area contributed by atoms with Crippen LogP contribution in [0.4, 0.5) is 5.69 Å². The van der Waals surface area contributed by atoms with Crippen LogP contribution in [0.1, 0.15) is 31.7 Å². The second kappa shape index (κ2) is 7.97. The van der Waals surface area contributed by atoms with Gasteiger partial charge < -0.3 is 10.6 Å². The van der Waals surface area contributed by atoms with Gasteiger partial charge in [0.25, 0.3) is 0 Å². The average molecular weight is 359 g/mol. The highest BCUT2D eigenvalue weighted by molar-refractivity contribution is 7.09. The number of hydrogen-bond donors (Lipinski definition) is 2. The number of anilines is 1. The summed E-state index contributed by atoms with van der Waals surface area (Å²) in [6, 6.07) is 10.2. The Bertz CT molecular complexity index is 664. The molecule has 5 nitrogen and oxygen atoms in total. The predicted octanol–water partition coefficient (Wildman–Crippen LogP) is 3.11. The minimum Gasteiger partial charge on any atom is -0.371 e. The molecule has 1 aromatic heterocycles. The molecule has 1 aliphatic heterocycles. The van der Waals surface area contributed by atoms with Gasteiger partial charge in [0.1, 0.15) is 10.5 Å². The Morgan fingerprint density at radius 1 is 1.28 bits per heavy atom. The summed E-state index contributed by atoms with van der Waals surface area (Å²) in [5.74, 6) is 0.0975. The maximum atomic E-state index is 13.0. The highest BCUT2D eigenvalue weighted by atomic mass is 32.1. The van der Waals surface area contributed by atoms with E-state index < -0.39 is 5.54 Å². The number of carbonyl (C=O) groups is 1. The Balaban J connectivity index is 1.71. The van der Waals surface area contributed by atoms with Crippen LogP contribution in [-0.2, 0) is 11.3 Å². The zero-order chi connectivity index (χ0) is 17.7. The Morgan fingerprint density at radius 3 is 2.60 bits per heavy atom. The molecule has 134 valence electrons. The summed E-state index contributed by atoms with van der Waals surface area (Å²) in [5.41, 5.74) is 0.445. The Morgan fingerprint density at radius 2 is 2.00 bits per heavy atom. The minimum atomic E-state index is -0.551. The molecule has 0 aliphatic carbocycles. The molecule has 2 heterocycles. The van der Waals surface area contributed by atoms with Gasteiger partial charge in [-0.1, -0.05) is 18.2 Å². The summed E-state index contributed by atoms with van der Waals surface area (Å²) in [4.78, 5) is 19.7. The lowest BCUT2D eigenvalue weighted by Crippen LogP contribution is -2.59. The van der Waals surface area contributed by atoms with Crippen LogP contribution in [0.5, 0.6) is 0 Å². The van der Waals surface area contributed by atoms with Gasteiger partial charge in [-0.05, 0) is 38.8 Å². The number of piperidine rings is 1. The number of nitrogens with zero attached hydrogens (tertiary/aromatic N) is 2. The van der Waals surface area contributed by atoms with Crippen molar-refractivity contribution in [1.82, 2.24) is 15.2 Å². The van der Waals surface area contributed by atoms with Gasteiger partial charge >= 0.3 is 0 Å². The van der Waals surface area contributed by atoms with Gasteiger partial charge in [0.15, 0.2) is 0 Å². The van der Waals surface area contributed by atoms with Crippen LogP contribution in [0.2, 0.25) is 0 Å². The quantitative estimate of drug-likeness (QED) is 0.833. The number of rotatable bonds is 6. The van der Waals surface area contributed by atoms with Crippen LogP contribution in [0.25, 0.3) is 0 Å². The van der Waals surface area contributed by atoms with Gasteiger partial charge in [0.05, 0.1) is 6.54 Å². The molecule has 0 radical (unpaired) electrons. The van der Waals surface area contributed by atoms with E-state index in [-0.39, 0.29) is 11.9 Å². The second-order valence-electron chi connectivity index (χ2n) is 6.90. The summed E-state index contributed by atoms with van der Waals surface area (Å²) < 4.78 is 0. The van der Waals surface area contributed by atoms with Crippen LogP contribution in [0.15, 0.2) is 41.9 Å². The van der Waals surface area contributed by atoms with Crippen molar-refractivity contribution in [3.63, 3.8) is 0 Å². The predicted molar refractivity (Wildman–Crippen MR) is 103 cm³/mol. The van der Waals surface area contributed by atoms with E-state index in [0.29, 0.717) is 0 Å². The molecule has 1 aromatic carbocycles. The number of aromatic nitrogens is 1. The third kappa shape index (κ3) is 4.58. The highest BCUT2D eigenvalue weighted by Crippen LogP contribution is 2.28. The molecule has 0 saturated carbocycles. The van der Waals surface area contributed by atoms with Crippen molar-refractivity contribution in [2.24, 2.45) is 0 Å². The molecule has 2 aromatic rings. The monoisotopic (exact) mass is 358 g/mol. The molecule has 0 atom stereocenters. The summed E-state index contributed by atoms with van der Waals surface area (Å²) in [5, 5.41) is 9.78. The Kier molecular flexibility index (Phi) is 5.71. The summed E-state index contributed by atoms with van der Waals surface area (Å²) >= 11 is 1.69. The van der Waals surface area contributed by atoms with Gasteiger partial charge in [-0.15, -0.1) is 11.3 Å². The zero-order valence-electron chi connectivity index (χ0n) is 14.9. The number of amides is 1. The Hall–Kier alpha value is -1.92. The van der Waals surface area contributed by atoms with E-state index in [1.165, 1.54) is 0 Å². The second-order valence-corrected chi connectivity index (χ2v) is 7.88. The van der Waals surface area contributed by atoms with E-state index in [2.05, 4.69) is 20.5 Å². The first-order valence-corrected chi connectivity index (χ1v) is 9.70. The summed E-state index contributed by atoms with van der Waals surface area (Å²) in [7, 11) is 0. The fourth-order valence-electron chi connectivity index (χ4n) is 3.22. The maximum absolute atomic E-state index is 13.0. The molecular weight excluding hydrogens is 332 g/mol. The SMILES string of the molecule is CC(C)NC(=O)C1(Nc2ccccc2)CCN(Cc2nccs2)CC1. The largest absolute Gasteiger partial charge is 0.371 e. The van der Waals surface area contributed by atoms with Crippen LogP contribution in [-0.4, -0.2) is 40.5 Å². The number of thiazole rings is 1. The molecule has 25 heavy (non-hydrogen) atoms. The van der Waals surface area contributed by atoms with Gasteiger partial charge in [-0.3, -0.25) is 9.69 Å². The zero-order valence-corrected chi connectivity index (χ0v) is 15.7. The molecule has 1 fully saturated rings. The van der Waals surface area contributed by atoms with Crippen molar-refractivity contribution >= 4 is 22.9 Å². The fraction of sp³-hybridized carbons (Fsp3) is 0.474. The van der Waals surface area contributed by atoms with E-state index in [4.69, 9.17) is 0 Å². The number of likely N-dealkylation sites (tertiary alicyclic amines) is 1. The van der Waals surface area contributed by atoms with E-state index in [0.717, 1.165) is 43.2 Å². The molecule has 6 heteroatoms. The molecular formula is C19H26N4OS. The lowest BCUT2D eigenvalue weighted by molar-refractivity contribution is -0.127. The fourth-order valence-corrected chi connectivity index (χ4v) is 3.88. The molecule has 3 rings (SSSR count). The van der Waals surface area contributed by atoms with Crippen LogP contribution < -0.4 is 10.6 Å². The normalized spacial score (nSPS) is 17.4. The third-order valence-corrected chi connectivity index (χ3v) is 5.33. The molecule has 0 spiro atoms. The standard InChI is InChI=1S/C19H26N4OS/c1-15(2)21-18(24)19(22-16-6-4-3-5-7-16)8-11-23(12-9-19)14-17-20-10-13-25-17/h3-7,10,13,15,22H,8-9,11-12,14H2,1-2H3,(H,21,24). The number of carbonyl (C=O) groups excluding carboxylic acids is 1. The van der Waals surface area contributed by atoms with Crippen molar-refractivity contribution < 1.29 is 4.79 Å². The lowest BCUT2D eigenvalue weighted by Gasteiger charge is -2.42. The van der Waals surface area contributed by atoms with Gasteiger partial charge in [-0.25, -0.2) is 4.98 Å². The molecule has 1 aliphatic rings. The molecule has 2 N–H and O–H groups in total. The third-order valence-electron chi connectivity index (χ3n) is 4.56. The molecule has 1 amide bonds. The van der Waals surface area contributed by atoms with Crippen molar-refractivity contribution in [3.05, 3.63) is 46.9 Å². The lowest BCUT2D eigenvalue weighted by atomic mass is 9.85. The van der Waals surface area contributed by atoms with Gasteiger partial charge in [0, 0.05) is 36.4 Å². The number of hydrogen-bond acceptors (Lipinski definition) is 5. The van der Waals surface area contributed by atoms with E-state index in [1.54, 1.807) is 11.3 Å². The van der Waals surface area contributed by atoms with Gasteiger partial charge in [-0.2, -0.15) is 0 Å². The molecule has 0 unspecified atom stereocenters. The molecule has 0 bridgehead atoms. The van der Waals surface area contributed by atoms with Crippen LogP contribution in [0.3, 0.4) is 0 Å². The summed E-state index contributed by atoms with van der Waals surface area (Å²) in [6.45, 7) is 6.64. The summed E-state index contributed by atoms with van der Waals surface area (Å²) in [6.07, 6.45) is 3.42. The first kappa shape index (κ1) is 17.9. The molecule has 1 saturated heterocycles. The average Bonchev–Trinajstić information content (AvgIpc) is 3.10. The van der Waals surface area contributed by atoms with Crippen molar-refractivity contribution in [2.45, 2.75) is 44.8 Å². The number of para-hydroxylation sites is 1. The topological polar surface area (TPSA) is 57.3 Å². The Labute approximate surface area is 153 Å².